The van der Waals surface area contributed by atoms with E-state index in [1.165, 1.54) is 0 Å². The highest BCUT2D eigenvalue weighted by Crippen LogP contribution is 2.15. The molecule has 1 atom stereocenters. The molecule has 0 bridgehead atoms. The summed E-state index contributed by atoms with van der Waals surface area (Å²) in [7, 11) is 1.83. The van der Waals surface area contributed by atoms with Gasteiger partial charge in [0, 0.05) is 25.4 Å². The van der Waals surface area contributed by atoms with Gasteiger partial charge < -0.3 is 5.32 Å². The second kappa shape index (κ2) is 6.02. The first kappa shape index (κ1) is 13.8. The maximum atomic E-state index is 12.1. The maximum Gasteiger partial charge on any atom is 0.242 e. The Kier molecular flexibility index (Phi) is 4.16. The number of hydrogen-bond acceptors (Lipinski definition) is 3. The van der Waals surface area contributed by atoms with Crippen LogP contribution in [-0.4, -0.2) is 15.7 Å². The van der Waals surface area contributed by atoms with Crippen molar-refractivity contribution in [1.82, 2.24) is 15.1 Å². The molecule has 5 nitrogen and oxygen atoms in total. The van der Waals surface area contributed by atoms with Gasteiger partial charge in [0.2, 0.25) is 5.91 Å². The monoisotopic (exact) mass is 268 g/mol. The van der Waals surface area contributed by atoms with Crippen molar-refractivity contribution in [3.05, 3.63) is 53.3 Å². The Morgan fingerprint density at radius 3 is 2.70 bits per heavy atom. The number of aromatic nitrogens is 2. The van der Waals surface area contributed by atoms with Crippen LogP contribution >= 0.6 is 0 Å². The Hall–Kier alpha value is -2.61. The molecule has 5 heteroatoms. The molecular formula is C15H16N4O. The van der Waals surface area contributed by atoms with Crippen LogP contribution in [0.25, 0.3) is 0 Å². The molecule has 2 aromatic rings. The molecule has 0 spiro atoms. The standard InChI is InChI=1S/C15H16N4O/c1-11-13(10-19(2)18-11)9-17-15(20)14(8-16)12-6-4-3-5-7-12/h3-7,10,14H,9H2,1-2H3,(H,17,20). The van der Waals surface area contributed by atoms with Crippen molar-refractivity contribution in [1.29, 1.82) is 5.26 Å². The molecule has 0 saturated heterocycles. The molecule has 1 heterocycles. The van der Waals surface area contributed by atoms with Crippen LogP contribution in [0.5, 0.6) is 0 Å². The summed E-state index contributed by atoms with van der Waals surface area (Å²) in [4.78, 5) is 12.1. The molecule has 0 fully saturated rings. The number of nitriles is 1. The van der Waals surface area contributed by atoms with Crippen molar-refractivity contribution < 1.29 is 4.79 Å². The van der Waals surface area contributed by atoms with Gasteiger partial charge in [-0.2, -0.15) is 10.4 Å². The summed E-state index contributed by atoms with van der Waals surface area (Å²) >= 11 is 0. The third kappa shape index (κ3) is 3.04. The Morgan fingerprint density at radius 1 is 1.45 bits per heavy atom. The van der Waals surface area contributed by atoms with Gasteiger partial charge in [0.05, 0.1) is 11.8 Å². The van der Waals surface area contributed by atoms with Gasteiger partial charge in [-0.05, 0) is 12.5 Å². The van der Waals surface area contributed by atoms with Gasteiger partial charge in [-0.25, -0.2) is 0 Å². The number of carbonyl (C=O) groups is 1. The topological polar surface area (TPSA) is 70.7 Å². The van der Waals surface area contributed by atoms with Crippen LogP contribution in [-0.2, 0) is 18.4 Å². The number of nitrogens with zero attached hydrogens (tertiary/aromatic N) is 3. The fraction of sp³-hybridized carbons (Fsp3) is 0.267. The maximum absolute atomic E-state index is 12.1. The first-order valence-corrected chi connectivity index (χ1v) is 6.33. The van der Waals surface area contributed by atoms with Gasteiger partial charge in [-0.3, -0.25) is 9.48 Å². The van der Waals surface area contributed by atoms with Crippen LogP contribution in [0.15, 0.2) is 36.5 Å². The number of amides is 1. The first-order valence-electron chi connectivity index (χ1n) is 6.33. The number of benzene rings is 1. The van der Waals surface area contributed by atoms with E-state index in [4.69, 9.17) is 0 Å². The summed E-state index contributed by atoms with van der Waals surface area (Å²) in [5.41, 5.74) is 2.53. The summed E-state index contributed by atoms with van der Waals surface area (Å²) in [6.45, 7) is 2.27. The number of nitrogens with one attached hydrogen (secondary N) is 1. The lowest BCUT2D eigenvalue weighted by Crippen LogP contribution is -2.28. The van der Waals surface area contributed by atoms with Crippen LogP contribution < -0.4 is 5.32 Å². The van der Waals surface area contributed by atoms with Crippen LogP contribution in [0.4, 0.5) is 0 Å². The SMILES string of the molecule is Cc1nn(C)cc1CNC(=O)C(C#N)c1ccccc1. The van der Waals surface area contributed by atoms with E-state index in [0.717, 1.165) is 11.3 Å². The number of aryl methyl sites for hydroxylation is 2. The summed E-state index contributed by atoms with van der Waals surface area (Å²) in [6, 6.07) is 11.1. The van der Waals surface area contributed by atoms with E-state index in [-0.39, 0.29) is 5.91 Å². The lowest BCUT2D eigenvalue weighted by Gasteiger charge is -2.10. The Labute approximate surface area is 117 Å². The van der Waals surface area contributed by atoms with E-state index in [1.54, 1.807) is 16.8 Å². The van der Waals surface area contributed by atoms with Gasteiger partial charge in [-0.1, -0.05) is 30.3 Å². The molecule has 20 heavy (non-hydrogen) atoms. The zero-order valence-electron chi connectivity index (χ0n) is 11.5. The Bertz CT molecular complexity index is 640. The molecule has 1 N–H and O–H groups in total. The van der Waals surface area contributed by atoms with E-state index in [9.17, 15) is 10.1 Å². The smallest absolute Gasteiger partial charge is 0.242 e. The van der Waals surface area contributed by atoms with Crippen molar-refractivity contribution in [3.63, 3.8) is 0 Å². The van der Waals surface area contributed by atoms with Crippen molar-refractivity contribution in [2.75, 3.05) is 0 Å². The Balaban J connectivity index is 2.04. The highest BCUT2D eigenvalue weighted by atomic mass is 16.1. The van der Waals surface area contributed by atoms with E-state index in [0.29, 0.717) is 12.1 Å². The van der Waals surface area contributed by atoms with Gasteiger partial charge >= 0.3 is 0 Å². The average molecular weight is 268 g/mol. The minimum absolute atomic E-state index is 0.290. The van der Waals surface area contributed by atoms with Gasteiger partial charge in [0.15, 0.2) is 0 Å². The van der Waals surface area contributed by atoms with Crippen molar-refractivity contribution in [2.24, 2.45) is 7.05 Å². The average Bonchev–Trinajstić information content (AvgIpc) is 2.77. The molecule has 2 rings (SSSR count). The predicted molar refractivity (Wildman–Crippen MR) is 74.6 cm³/mol. The second-order valence-corrected chi connectivity index (χ2v) is 4.60. The molecule has 0 aliphatic rings. The van der Waals surface area contributed by atoms with Crippen LogP contribution in [0, 0.1) is 18.3 Å². The molecule has 0 saturated carbocycles. The van der Waals surface area contributed by atoms with Gasteiger partial charge in [0.1, 0.15) is 5.92 Å². The van der Waals surface area contributed by atoms with Gasteiger partial charge in [0.25, 0.3) is 0 Å². The summed E-state index contributed by atoms with van der Waals surface area (Å²) in [5.74, 6) is -1.07. The molecule has 1 unspecified atom stereocenters. The summed E-state index contributed by atoms with van der Waals surface area (Å²) in [6.07, 6.45) is 1.86. The molecular weight excluding hydrogens is 252 g/mol. The van der Waals surface area contributed by atoms with Crippen LogP contribution in [0.3, 0.4) is 0 Å². The molecule has 1 amide bonds. The van der Waals surface area contributed by atoms with Crippen molar-refractivity contribution in [3.8, 4) is 6.07 Å². The first-order chi connectivity index (χ1) is 9.61. The predicted octanol–water partition coefficient (Wildman–Crippen LogP) is 1.65. The van der Waals surface area contributed by atoms with Crippen LogP contribution in [0.1, 0.15) is 22.7 Å². The van der Waals surface area contributed by atoms with Crippen molar-refractivity contribution >= 4 is 5.91 Å². The number of carbonyl (C=O) groups excluding carboxylic acids is 1. The Morgan fingerprint density at radius 2 is 2.15 bits per heavy atom. The zero-order chi connectivity index (χ0) is 14.5. The highest BCUT2D eigenvalue weighted by Gasteiger charge is 2.19. The minimum Gasteiger partial charge on any atom is -0.350 e. The van der Waals surface area contributed by atoms with Crippen molar-refractivity contribution in [2.45, 2.75) is 19.4 Å². The molecule has 1 aromatic heterocycles. The molecule has 0 radical (unpaired) electrons. The summed E-state index contributed by atoms with van der Waals surface area (Å²) in [5, 5.41) is 16.2. The largest absolute Gasteiger partial charge is 0.350 e. The minimum atomic E-state index is -0.784. The number of rotatable bonds is 4. The normalized spacial score (nSPS) is 11.7. The van der Waals surface area contributed by atoms with Gasteiger partial charge in [-0.15, -0.1) is 0 Å². The van der Waals surface area contributed by atoms with E-state index < -0.39 is 5.92 Å². The molecule has 1 aromatic carbocycles. The third-order valence-electron chi connectivity index (χ3n) is 3.09. The fourth-order valence-corrected chi connectivity index (χ4v) is 2.04. The van der Waals surface area contributed by atoms with E-state index in [2.05, 4.69) is 10.4 Å². The second-order valence-electron chi connectivity index (χ2n) is 4.60. The van der Waals surface area contributed by atoms with E-state index in [1.807, 2.05) is 44.4 Å². The molecule has 0 aliphatic carbocycles. The highest BCUT2D eigenvalue weighted by molar-refractivity contribution is 5.86. The fourth-order valence-electron chi connectivity index (χ4n) is 2.04. The molecule has 102 valence electrons. The lowest BCUT2D eigenvalue weighted by atomic mass is 10.00. The van der Waals surface area contributed by atoms with Crippen LogP contribution in [0.2, 0.25) is 0 Å². The molecule has 0 aliphatic heterocycles. The summed E-state index contributed by atoms with van der Waals surface area (Å²) < 4.78 is 1.70. The third-order valence-corrected chi connectivity index (χ3v) is 3.09. The number of hydrogen-bond donors (Lipinski definition) is 1. The zero-order valence-corrected chi connectivity index (χ0v) is 11.5. The lowest BCUT2D eigenvalue weighted by molar-refractivity contribution is -0.121. The van der Waals surface area contributed by atoms with E-state index >= 15 is 0 Å². The quantitative estimate of drug-likeness (QED) is 0.916.